The predicted molar refractivity (Wildman–Crippen MR) is 53.4 cm³/mol. The van der Waals surface area contributed by atoms with E-state index < -0.39 is 56.3 Å². The van der Waals surface area contributed by atoms with Gasteiger partial charge in [-0.2, -0.15) is 4.39 Å². The Morgan fingerprint density at radius 2 is 1.50 bits per heavy atom. The van der Waals surface area contributed by atoms with E-state index in [1.807, 2.05) is 0 Å². The Kier molecular flexibility index (Phi) is 3.77. The number of carbonyl (C=O) groups excluding carboxylic acids is 1. The number of nitro benzene ring substituents is 2. The number of hydrogen-bond donors (Lipinski definition) is 2. The van der Waals surface area contributed by atoms with Crippen molar-refractivity contribution in [2.24, 2.45) is 0 Å². The number of Topliss-reactive ketones (excluding diaryl/α,β-unsaturated/α-hetero) is 1. The molecule has 0 fully saturated rings. The summed E-state index contributed by atoms with van der Waals surface area (Å²) in [6.45, 7) is 0. The van der Waals surface area contributed by atoms with Crippen molar-refractivity contribution >= 4 is 17.2 Å². The average molecular weight is 296 g/mol. The number of alkyl halides is 2. The monoisotopic (exact) mass is 296 g/mol. The minimum Gasteiger partial charge on any atom is -0.501 e. The Morgan fingerprint density at radius 3 is 1.85 bits per heavy atom. The molecule has 20 heavy (non-hydrogen) atoms. The number of halogens is 3. The first-order chi connectivity index (χ1) is 9.11. The van der Waals surface area contributed by atoms with Crippen LogP contribution in [0.4, 0.5) is 24.5 Å². The average Bonchev–Trinajstić information content (AvgIpc) is 2.26. The molecule has 1 aromatic rings. The van der Waals surface area contributed by atoms with Crippen molar-refractivity contribution in [3.63, 3.8) is 0 Å². The van der Waals surface area contributed by atoms with Gasteiger partial charge in [-0.15, -0.1) is 0 Å². The largest absolute Gasteiger partial charge is 0.501 e. The van der Waals surface area contributed by atoms with Gasteiger partial charge in [0.15, 0.2) is 0 Å². The summed E-state index contributed by atoms with van der Waals surface area (Å²) in [6, 6.07) is 0. The molecule has 0 aliphatic rings. The van der Waals surface area contributed by atoms with Gasteiger partial charge in [-0.05, 0) is 0 Å². The maximum Gasteiger partial charge on any atom is 0.360 e. The van der Waals surface area contributed by atoms with Crippen LogP contribution in [0, 0.1) is 26.0 Å². The van der Waals surface area contributed by atoms with Gasteiger partial charge >= 0.3 is 17.8 Å². The lowest BCUT2D eigenvalue weighted by Gasteiger charge is -2.07. The Labute approximate surface area is 106 Å². The molecule has 0 aliphatic heterocycles. The zero-order valence-electron chi connectivity index (χ0n) is 9.04. The zero-order chi connectivity index (χ0) is 15.8. The van der Waals surface area contributed by atoms with Gasteiger partial charge in [-0.25, -0.2) is 8.78 Å². The first-order valence-electron chi connectivity index (χ1n) is 4.49. The van der Waals surface area contributed by atoms with Gasteiger partial charge in [0.1, 0.15) is 5.56 Å². The Hall–Kier alpha value is -2.92. The molecule has 0 amide bonds. The number of hydrogen-bond acceptors (Lipinski definition) is 7. The van der Waals surface area contributed by atoms with Crippen molar-refractivity contribution < 1.29 is 38.0 Å². The molecule has 0 aromatic heterocycles. The van der Waals surface area contributed by atoms with Crippen molar-refractivity contribution in [2.45, 2.75) is 6.43 Å². The number of nitrogens with zero attached hydrogens (tertiary/aromatic N) is 2. The minimum atomic E-state index is -3.88. The Morgan fingerprint density at radius 1 is 1.05 bits per heavy atom. The van der Waals surface area contributed by atoms with E-state index in [0.717, 1.165) is 0 Å². The standard InChI is InChI=1S/C8H3F3N2O7/c9-2-1(6(15)8(10)11)5(14)4(13(19)20)7(16)3(2)12(17)18/h8,14,16H. The van der Waals surface area contributed by atoms with E-state index in [1.54, 1.807) is 0 Å². The molecule has 0 bridgehead atoms. The van der Waals surface area contributed by atoms with Crippen molar-refractivity contribution in [2.75, 3.05) is 0 Å². The maximum atomic E-state index is 13.6. The highest BCUT2D eigenvalue weighted by molar-refractivity contribution is 6.03. The lowest BCUT2D eigenvalue weighted by Crippen LogP contribution is -2.14. The highest BCUT2D eigenvalue weighted by atomic mass is 19.3. The van der Waals surface area contributed by atoms with Crippen molar-refractivity contribution in [1.29, 1.82) is 0 Å². The highest BCUT2D eigenvalue weighted by Crippen LogP contribution is 2.47. The number of aromatic hydroxyl groups is 2. The van der Waals surface area contributed by atoms with Crippen LogP contribution in [0.25, 0.3) is 0 Å². The quantitative estimate of drug-likeness (QED) is 0.486. The minimum absolute atomic E-state index is 1.58. The summed E-state index contributed by atoms with van der Waals surface area (Å²) in [5.41, 5.74) is -5.71. The molecule has 0 aliphatic carbocycles. The molecule has 0 unspecified atom stereocenters. The highest BCUT2D eigenvalue weighted by Gasteiger charge is 2.41. The van der Waals surface area contributed by atoms with Gasteiger partial charge in [0, 0.05) is 0 Å². The second-order valence-corrected chi connectivity index (χ2v) is 3.26. The Bertz CT molecular complexity index is 590. The van der Waals surface area contributed by atoms with Crippen LogP contribution >= 0.6 is 0 Å². The van der Waals surface area contributed by atoms with Gasteiger partial charge in [-0.1, -0.05) is 0 Å². The molecule has 0 radical (unpaired) electrons. The summed E-state index contributed by atoms with van der Waals surface area (Å²) < 4.78 is 38.0. The number of phenols is 2. The fraction of sp³-hybridized carbons (Fsp3) is 0.125. The summed E-state index contributed by atoms with van der Waals surface area (Å²) in [4.78, 5) is 28.7. The number of carbonyl (C=O) groups is 1. The molecular weight excluding hydrogens is 293 g/mol. The molecule has 12 heteroatoms. The van der Waals surface area contributed by atoms with Crippen molar-refractivity contribution in [3.05, 3.63) is 31.6 Å². The van der Waals surface area contributed by atoms with Gasteiger partial charge < -0.3 is 10.2 Å². The first-order valence-corrected chi connectivity index (χ1v) is 4.49. The van der Waals surface area contributed by atoms with Crippen molar-refractivity contribution in [1.82, 2.24) is 0 Å². The first kappa shape index (κ1) is 15.1. The van der Waals surface area contributed by atoms with Gasteiger partial charge in [0.05, 0.1) is 9.85 Å². The predicted octanol–water partition coefficient (Wildman–Crippen LogP) is 1.50. The normalized spacial score (nSPS) is 10.6. The zero-order valence-corrected chi connectivity index (χ0v) is 9.04. The van der Waals surface area contributed by atoms with Gasteiger partial charge in [0.25, 0.3) is 5.75 Å². The van der Waals surface area contributed by atoms with E-state index >= 15 is 0 Å². The smallest absolute Gasteiger partial charge is 0.360 e. The topological polar surface area (TPSA) is 144 Å². The molecule has 9 nitrogen and oxygen atoms in total. The van der Waals surface area contributed by atoms with Crippen LogP contribution in [0.15, 0.2) is 0 Å². The summed E-state index contributed by atoms with van der Waals surface area (Å²) in [6.07, 6.45) is -3.88. The van der Waals surface area contributed by atoms with E-state index in [-0.39, 0.29) is 0 Å². The third-order valence-corrected chi connectivity index (χ3v) is 2.15. The molecular formula is C8H3F3N2O7. The number of benzene rings is 1. The molecule has 1 aromatic carbocycles. The molecule has 0 saturated heterocycles. The summed E-state index contributed by atoms with van der Waals surface area (Å²) in [5, 5.41) is 39.4. The molecule has 0 saturated carbocycles. The second kappa shape index (κ2) is 4.99. The second-order valence-electron chi connectivity index (χ2n) is 3.26. The summed E-state index contributed by atoms with van der Waals surface area (Å²) in [5.74, 6) is -8.49. The molecule has 1 rings (SSSR count). The lowest BCUT2D eigenvalue weighted by atomic mass is 10.1. The third-order valence-electron chi connectivity index (χ3n) is 2.15. The maximum absolute atomic E-state index is 13.6. The fourth-order valence-corrected chi connectivity index (χ4v) is 1.34. The molecule has 108 valence electrons. The van der Waals surface area contributed by atoms with Crippen LogP contribution in [0.5, 0.6) is 11.5 Å². The van der Waals surface area contributed by atoms with Crippen LogP contribution in [-0.2, 0) is 0 Å². The van der Waals surface area contributed by atoms with Crippen molar-refractivity contribution in [3.8, 4) is 11.5 Å². The van der Waals surface area contributed by atoms with E-state index in [4.69, 9.17) is 5.11 Å². The van der Waals surface area contributed by atoms with Crippen LogP contribution < -0.4 is 0 Å². The van der Waals surface area contributed by atoms with E-state index in [1.165, 1.54) is 0 Å². The van der Waals surface area contributed by atoms with E-state index in [2.05, 4.69) is 0 Å². The lowest BCUT2D eigenvalue weighted by molar-refractivity contribution is -0.398. The van der Waals surface area contributed by atoms with Crippen LogP contribution in [0.1, 0.15) is 10.4 Å². The number of ketones is 1. The fourth-order valence-electron chi connectivity index (χ4n) is 1.34. The van der Waals surface area contributed by atoms with Gasteiger partial charge in [-0.3, -0.25) is 25.0 Å². The van der Waals surface area contributed by atoms with Crippen LogP contribution in [-0.4, -0.2) is 32.3 Å². The number of nitro groups is 2. The third kappa shape index (κ3) is 2.17. The molecule has 0 atom stereocenters. The van der Waals surface area contributed by atoms with E-state index in [9.17, 15) is 43.3 Å². The summed E-state index contributed by atoms with van der Waals surface area (Å²) >= 11 is 0. The van der Waals surface area contributed by atoms with Crippen LogP contribution in [0.2, 0.25) is 0 Å². The number of rotatable bonds is 4. The SMILES string of the molecule is O=C(c1c(O)c([N+](=O)[O-])c(O)c([N+](=O)[O-])c1F)C(F)F. The van der Waals surface area contributed by atoms with E-state index in [0.29, 0.717) is 0 Å². The Balaban J connectivity index is 3.90. The van der Waals surface area contributed by atoms with Gasteiger partial charge in [0.2, 0.25) is 17.3 Å². The molecule has 2 N–H and O–H groups in total. The number of phenolic OH excluding ortho intramolecular Hbond substituents is 2. The summed E-state index contributed by atoms with van der Waals surface area (Å²) in [7, 11) is 0. The van der Waals surface area contributed by atoms with Crippen LogP contribution in [0.3, 0.4) is 0 Å². The molecule has 0 heterocycles. The molecule has 0 spiro atoms.